The predicted molar refractivity (Wildman–Crippen MR) is 129 cm³/mol. The molecule has 0 aliphatic rings. The summed E-state index contributed by atoms with van der Waals surface area (Å²) in [5.41, 5.74) is 4.56. The van der Waals surface area contributed by atoms with Crippen molar-refractivity contribution in [2.75, 3.05) is 6.61 Å². The summed E-state index contributed by atoms with van der Waals surface area (Å²) in [4.78, 5) is 31.6. The summed E-state index contributed by atoms with van der Waals surface area (Å²) in [5.74, 6) is -0.107. The fourth-order valence-electron chi connectivity index (χ4n) is 3.45. The van der Waals surface area contributed by atoms with Crippen molar-refractivity contribution in [2.45, 2.75) is 20.4 Å². The van der Waals surface area contributed by atoms with Gasteiger partial charge in [-0.3, -0.25) is 14.2 Å². The zero-order valence-electron chi connectivity index (χ0n) is 18.1. The Bertz CT molecular complexity index is 1390. The average molecular weight is 463 g/mol. The number of amides is 1. The van der Waals surface area contributed by atoms with Crippen molar-refractivity contribution in [3.05, 3.63) is 75.7 Å². The van der Waals surface area contributed by atoms with E-state index in [1.54, 1.807) is 12.1 Å². The number of hydrogen-bond donors (Lipinski definition) is 2. The maximum absolute atomic E-state index is 13.2. The molecule has 9 heteroatoms. The molecular weight excluding hydrogens is 440 g/mol. The number of thiophene rings is 1. The van der Waals surface area contributed by atoms with Crippen LogP contribution >= 0.6 is 11.3 Å². The van der Waals surface area contributed by atoms with Gasteiger partial charge in [0.25, 0.3) is 11.5 Å². The van der Waals surface area contributed by atoms with Crippen LogP contribution < -0.4 is 15.7 Å². The molecule has 4 rings (SSSR count). The molecule has 2 aromatic heterocycles. The lowest BCUT2D eigenvalue weighted by atomic mass is 10.0. The number of fused-ring (bicyclic) bond motifs is 1. The second-order valence-corrected chi connectivity index (χ2v) is 8.41. The number of rotatable bonds is 7. The van der Waals surface area contributed by atoms with E-state index >= 15 is 0 Å². The summed E-state index contributed by atoms with van der Waals surface area (Å²) >= 11 is 1.46. The third-order valence-corrected chi connectivity index (χ3v) is 5.93. The number of aromatic nitrogens is 2. The van der Waals surface area contributed by atoms with Gasteiger partial charge in [-0.15, -0.1) is 11.3 Å². The highest BCUT2D eigenvalue weighted by Gasteiger charge is 2.17. The first kappa shape index (κ1) is 22.2. The molecule has 0 atom stereocenters. The van der Waals surface area contributed by atoms with E-state index in [1.165, 1.54) is 34.5 Å². The van der Waals surface area contributed by atoms with Crippen LogP contribution in [-0.2, 0) is 11.3 Å². The van der Waals surface area contributed by atoms with Crippen molar-refractivity contribution in [3.8, 4) is 22.6 Å². The Hall–Kier alpha value is -3.98. The Labute approximate surface area is 193 Å². The standard InChI is InChI=1S/C24H22N4O4S/c1-3-32-19-11-16(9-10-18(19)29)12-26-27-20(30)13-28-14-25-23-22(24(28)31)21(15(2)33-23)17-7-5-4-6-8-17/h4-12,14,29H,3,13H2,1-2H3,(H,27,30)/b26-12-. The molecule has 1 amide bonds. The van der Waals surface area contributed by atoms with Gasteiger partial charge in [0, 0.05) is 10.4 Å². The number of phenolic OH excluding ortho intramolecular Hbond substituents is 1. The topological polar surface area (TPSA) is 106 Å². The monoisotopic (exact) mass is 462 g/mol. The highest BCUT2D eigenvalue weighted by Crippen LogP contribution is 2.35. The van der Waals surface area contributed by atoms with Crippen molar-refractivity contribution in [1.29, 1.82) is 0 Å². The molecule has 2 aromatic carbocycles. The Morgan fingerprint density at radius 3 is 2.82 bits per heavy atom. The molecule has 0 radical (unpaired) electrons. The van der Waals surface area contributed by atoms with Crippen LogP contribution in [0.2, 0.25) is 0 Å². The van der Waals surface area contributed by atoms with E-state index in [-0.39, 0.29) is 17.9 Å². The van der Waals surface area contributed by atoms with Crippen LogP contribution in [0.3, 0.4) is 0 Å². The lowest BCUT2D eigenvalue weighted by molar-refractivity contribution is -0.121. The average Bonchev–Trinajstić information content (AvgIpc) is 3.15. The van der Waals surface area contributed by atoms with Gasteiger partial charge < -0.3 is 9.84 Å². The number of hydrogen-bond acceptors (Lipinski definition) is 7. The van der Waals surface area contributed by atoms with E-state index < -0.39 is 5.91 Å². The molecule has 0 bridgehead atoms. The third kappa shape index (κ3) is 4.78. The van der Waals surface area contributed by atoms with E-state index in [4.69, 9.17) is 4.74 Å². The van der Waals surface area contributed by atoms with Crippen LogP contribution in [0.4, 0.5) is 0 Å². The smallest absolute Gasteiger partial charge is 0.263 e. The van der Waals surface area contributed by atoms with E-state index in [9.17, 15) is 14.7 Å². The summed E-state index contributed by atoms with van der Waals surface area (Å²) in [6, 6.07) is 14.4. The van der Waals surface area contributed by atoms with Crippen LogP contribution in [-0.4, -0.2) is 33.4 Å². The van der Waals surface area contributed by atoms with Gasteiger partial charge in [-0.25, -0.2) is 10.4 Å². The van der Waals surface area contributed by atoms with E-state index in [1.807, 2.05) is 44.2 Å². The van der Waals surface area contributed by atoms with Crippen molar-refractivity contribution in [2.24, 2.45) is 5.10 Å². The van der Waals surface area contributed by atoms with E-state index in [0.717, 1.165) is 16.0 Å². The minimum atomic E-state index is -0.466. The molecule has 33 heavy (non-hydrogen) atoms. The fraction of sp³-hybridized carbons (Fsp3) is 0.167. The number of carbonyl (C=O) groups excluding carboxylic acids is 1. The summed E-state index contributed by atoms with van der Waals surface area (Å²) in [7, 11) is 0. The Balaban J connectivity index is 1.53. The zero-order chi connectivity index (χ0) is 23.4. The van der Waals surface area contributed by atoms with Crippen molar-refractivity contribution in [3.63, 3.8) is 0 Å². The molecule has 0 spiro atoms. The number of nitrogens with one attached hydrogen (secondary N) is 1. The van der Waals surface area contributed by atoms with Crippen molar-refractivity contribution < 1.29 is 14.6 Å². The number of aromatic hydroxyl groups is 1. The molecule has 8 nitrogen and oxygen atoms in total. The third-order valence-electron chi connectivity index (χ3n) is 4.92. The molecule has 2 heterocycles. The molecule has 0 fully saturated rings. The lowest BCUT2D eigenvalue weighted by Crippen LogP contribution is -2.30. The van der Waals surface area contributed by atoms with Crippen LogP contribution in [0, 0.1) is 6.92 Å². The highest BCUT2D eigenvalue weighted by molar-refractivity contribution is 7.19. The number of benzene rings is 2. The quantitative estimate of drug-likeness (QED) is 0.322. The number of carbonyl (C=O) groups is 1. The second-order valence-electron chi connectivity index (χ2n) is 7.21. The highest BCUT2D eigenvalue weighted by atomic mass is 32.1. The largest absolute Gasteiger partial charge is 0.504 e. The summed E-state index contributed by atoms with van der Waals surface area (Å²) < 4.78 is 6.61. The Morgan fingerprint density at radius 1 is 1.27 bits per heavy atom. The van der Waals surface area contributed by atoms with Gasteiger partial charge in [0.2, 0.25) is 0 Å². The first-order chi connectivity index (χ1) is 16.0. The molecule has 0 saturated carbocycles. The number of nitrogens with zero attached hydrogens (tertiary/aromatic N) is 3. The first-order valence-corrected chi connectivity index (χ1v) is 11.1. The molecule has 0 aliphatic heterocycles. The molecule has 0 aliphatic carbocycles. The molecular formula is C24H22N4O4S. The number of aryl methyl sites for hydroxylation is 1. The van der Waals surface area contributed by atoms with Gasteiger partial charge >= 0.3 is 0 Å². The Morgan fingerprint density at radius 2 is 2.06 bits per heavy atom. The minimum absolute atomic E-state index is 0.0267. The van der Waals surface area contributed by atoms with Crippen LogP contribution in [0.5, 0.6) is 11.5 Å². The normalized spacial score (nSPS) is 11.2. The van der Waals surface area contributed by atoms with Crippen molar-refractivity contribution >= 4 is 33.7 Å². The Kier molecular flexibility index (Phi) is 6.50. The number of hydrazone groups is 1. The van der Waals surface area contributed by atoms with Crippen LogP contribution in [0.25, 0.3) is 21.3 Å². The molecule has 4 aromatic rings. The van der Waals surface area contributed by atoms with Gasteiger partial charge in [0.1, 0.15) is 11.4 Å². The van der Waals surface area contributed by atoms with E-state index in [0.29, 0.717) is 28.1 Å². The van der Waals surface area contributed by atoms with Gasteiger partial charge in [0.15, 0.2) is 11.5 Å². The van der Waals surface area contributed by atoms with Crippen LogP contribution in [0.15, 0.2) is 64.8 Å². The predicted octanol–water partition coefficient (Wildman–Crippen LogP) is 3.69. The van der Waals surface area contributed by atoms with E-state index in [2.05, 4.69) is 15.5 Å². The van der Waals surface area contributed by atoms with Gasteiger partial charge in [-0.2, -0.15) is 5.10 Å². The fourth-order valence-corrected chi connectivity index (χ4v) is 4.46. The second kappa shape index (κ2) is 9.66. The lowest BCUT2D eigenvalue weighted by Gasteiger charge is -2.07. The summed E-state index contributed by atoms with van der Waals surface area (Å²) in [6.45, 7) is 3.96. The summed E-state index contributed by atoms with van der Waals surface area (Å²) in [5, 5.41) is 14.2. The van der Waals surface area contributed by atoms with Crippen LogP contribution in [0.1, 0.15) is 17.4 Å². The molecule has 168 valence electrons. The van der Waals surface area contributed by atoms with Gasteiger partial charge in [-0.1, -0.05) is 30.3 Å². The van der Waals surface area contributed by atoms with Gasteiger partial charge in [0.05, 0.1) is 24.5 Å². The molecule has 2 N–H and O–H groups in total. The number of ether oxygens (including phenoxy) is 1. The minimum Gasteiger partial charge on any atom is -0.504 e. The molecule has 0 saturated heterocycles. The molecule has 0 unspecified atom stereocenters. The summed E-state index contributed by atoms with van der Waals surface area (Å²) in [6.07, 6.45) is 2.81. The maximum Gasteiger partial charge on any atom is 0.263 e. The SMILES string of the molecule is CCOc1cc(/C=N\NC(=O)Cn2cnc3sc(C)c(-c4ccccc4)c3c2=O)ccc1O. The first-order valence-electron chi connectivity index (χ1n) is 10.3. The zero-order valence-corrected chi connectivity index (χ0v) is 18.9. The van der Waals surface area contributed by atoms with Gasteiger partial charge in [-0.05, 0) is 43.2 Å². The maximum atomic E-state index is 13.2. The van der Waals surface area contributed by atoms with Crippen molar-refractivity contribution in [1.82, 2.24) is 15.0 Å². The number of phenols is 1.